The number of likely N-dealkylation sites (N-methyl/N-ethyl adjacent to an activating group) is 1. The van der Waals surface area contributed by atoms with Gasteiger partial charge in [0.15, 0.2) is 11.0 Å². The van der Waals surface area contributed by atoms with Crippen molar-refractivity contribution in [3.63, 3.8) is 0 Å². The first-order chi connectivity index (χ1) is 14.0. The van der Waals surface area contributed by atoms with Gasteiger partial charge in [-0.2, -0.15) is 0 Å². The van der Waals surface area contributed by atoms with Gasteiger partial charge in [0.05, 0.1) is 11.4 Å². The maximum absolute atomic E-state index is 12.7. The number of aryl methyl sites for hydroxylation is 1. The molecule has 1 amide bonds. The van der Waals surface area contributed by atoms with E-state index in [9.17, 15) is 4.79 Å². The molecule has 0 atom stereocenters. The first-order valence-electron chi connectivity index (χ1n) is 9.48. The Labute approximate surface area is 175 Å². The van der Waals surface area contributed by atoms with Crippen LogP contribution < -0.4 is 0 Å². The minimum absolute atomic E-state index is 0.0605. The normalized spacial score (nSPS) is 10.7. The van der Waals surface area contributed by atoms with Crippen molar-refractivity contribution in [2.45, 2.75) is 25.9 Å². The SMILES string of the molecule is C=C(C)CN(CC)C(=O)CSc1nnc(-c2ccncc2)n1-c1ccccc1C. The molecule has 2 aromatic heterocycles. The lowest BCUT2D eigenvalue weighted by Gasteiger charge is -2.20. The van der Waals surface area contributed by atoms with Gasteiger partial charge in [-0.05, 0) is 44.5 Å². The Balaban J connectivity index is 1.93. The van der Waals surface area contributed by atoms with Gasteiger partial charge < -0.3 is 4.90 Å². The fourth-order valence-electron chi connectivity index (χ4n) is 3.00. The lowest BCUT2D eigenvalue weighted by Crippen LogP contribution is -2.33. The van der Waals surface area contributed by atoms with Crippen LogP contribution in [0.1, 0.15) is 19.4 Å². The summed E-state index contributed by atoms with van der Waals surface area (Å²) in [5.41, 5.74) is 3.99. The third-order valence-electron chi connectivity index (χ3n) is 4.45. The van der Waals surface area contributed by atoms with E-state index < -0.39 is 0 Å². The number of hydrogen-bond acceptors (Lipinski definition) is 5. The van der Waals surface area contributed by atoms with Gasteiger partial charge in [0, 0.05) is 31.0 Å². The van der Waals surface area contributed by atoms with Gasteiger partial charge in [0.2, 0.25) is 5.91 Å². The number of aromatic nitrogens is 4. The molecule has 0 fully saturated rings. The van der Waals surface area contributed by atoms with Gasteiger partial charge in [0.25, 0.3) is 0 Å². The lowest BCUT2D eigenvalue weighted by atomic mass is 10.2. The second kappa shape index (κ2) is 9.52. The van der Waals surface area contributed by atoms with E-state index in [0.29, 0.717) is 24.0 Å². The largest absolute Gasteiger partial charge is 0.338 e. The van der Waals surface area contributed by atoms with E-state index in [-0.39, 0.29) is 5.91 Å². The standard InChI is InChI=1S/C22H25N5OS/c1-5-26(14-16(2)3)20(28)15-29-22-25-24-21(18-10-12-23-13-11-18)27(22)19-9-7-6-8-17(19)4/h6-13H,2,5,14-15H2,1,3-4H3. The molecule has 6 nitrogen and oxygen atoms in total. The molecule has 0 aliphatic rings. The summed E-state index contributed by atoms with van der Waals surface area (Å²) in [6.45, 7) is 11.1. The Morgan fingerprint density at radius 3 is 2.55 bits per heavy atom. The maximum atomic E-state index is 12.7. The minimum Gasteiger partial charge on any atom is -0.338 e. The quantitative estimate of drug-likeness (QED) is 0.414. The lowest BCUT2D eigenvalue weighted by molar-refractivity contribution is -0.127. The summed E-state index contributed by atoms with van der Waals surface area (Å²) in [5, 5.41) is 9.50. The number of benzene rings is 1. The number of para-hydroxylation sites is 1. The molecule has 0 bridgehead atoms. The van der Waals surface area contributed by atoms with Crippen LogP contribution in [0.15, 0.2) is 66.1 Å². The topological polar surface area (TPSA) is 63.9 Å². The zero-order valence-corrected chi connectivity index (χ0v) is 17.8. The Bertz CT molecular complexity index is 999. The Hall–Kier alpha value is -2.93. The number of rotatable bonds is 8. The highest BCUT2D eigenvalue weighted by Crippen LogP contribution is 2.29. The highest BCUT2D eigenvalue weighted by molar-refractivity contribution is 7.99. The van der Waals surface area contributed by atoms with Crippen LogP contribution in [0.25, 0.3) is 17.1 Å². The Morgan fingerprint density at radius 1 is 1.17 bits per heavy atom. The van der Waals surface area contributed by atoms with Crippen LogP contribution in [0.5, 0.6) is 0 Å². The maximum Gasteiger partial charge on any atom is 0.233 e. The fourth-order valence-corrected chi connectivity index (χ4v) is 3.85. The molecule has 0 aliphatic heterocycles. The highest BCUT2D eigenvalue weighted by atomic mass is 32.2. The molecule has 0 aliphatic carbocycles. The number of carbonyl (C=O) groups is 1. The summed E-state index contributed by atoms with van der Waals surface area (Å²) in [6.07, 6.45) is 3.47. The van der Waals surface area contributed by atoms with Crippen molar-refractivity contribution in [2.24, 2.45) is 0 Å². The number of carbonyl (C=O) groups excluding carboxylic acids is 1. The molecule has 0 N–H and O–H groups in total. The Kier molecular flexibility index (Phi) is 6.82. The fraction of sp³-hybridized carbons (Fsp3) is 0.273. The Morgan fingerprint density at radius 2 is 1.90 bits per heavy atom. The number of amides is 1. The predicted molar refractivity (Wildman–Crippen MR) is 117 cm³/mol. The highest BCUT2D eigenvalue weighted by Gasteiger charge is 2.19. The van der Waals surface area contributed by atoms with Crippen molar-refractivity contribution in [1.29, 1.82) is 0 Å². The molecule has 150 valence electrons. The van der Waals surface area contributed by atoms with Crippen LogP contribution in [-0.4, -0.2) is 49.4 Å². The number of nitrogens with zero attached hydrogens (tertiary/aromatic N) is 5. The van der Waals surface area contributed by atoms with Crippen LogP contribution in [0.2, 0.25) is 0 Å². The van der Waals surface area contributed by atoms with Gasteiger partial charge in [-0.3, -0.25) is 14.3 Å². The summed E-state index contributed by atoms with van der Waals surface area (Å²) in [5.74, 6) is 1.08. The monoisotopic (exact) mass is 407 g/mol. The number of pyridine rings is 1. The van der Waals surface area contributed by atoms with Crippen LogP contribution >= 0.6 is 11.8 Å². The van der Waals surface area contributed by atoms with E-state index in [2.05, 4.69) is 34.8 Å². The van der Waals surface area contributed by atoms with Crippen molar-refractivity contribution < 1.29 is 4.79 Å². The van der Waals surface area contributed by atoms with Crippen LogP contribution in [0.4, 0.5) is 0 Å². The summed E-state index contributed by atoms with van der Waals surface area (Å²) in [6, 6.07) is 11.9. The van der Waals surface area contributed by atoms with Crippen LogP contribution in [0.3, 0.4) is 0 Å². The van der Waals surface area contributed by atoms with E-state index in [0.717, 1.165) is 28.2 Å². The average Bonchev–Trinajstić information content (AvgIpc) is 3.14. The predicted octanol–water partition coefficient (Wildman–Crippen LogP) is 4.15. The van der Waals surface area contributed by atoms with Gasteiger partial charge in [-0.25, -0.2) is 0 Å². The third-order valence-corrected chi connectivity index (χ3v) is 5.36. The van der Waals surface area contributed by atoms with Crippen molar-refractivity contribution in [3.8, 4) is 17.1 Å². The third kappa shape index (κ3) is 4.92. The van der Waals surface area contributed by atoms with E-state index in [1.54, 1.807) is 17.3 Å². The summed E-state index contributed by atoms with van der Waals surface area (Å²) in [4.78, 5) is 18.6. The molecular weight excluding hydrogens is 382 g/mol. The van der Waals surface area contributed by atoms with Crippen molar-refractivity contribution >= 4 is 17.7 Å². The van der Waals surface area contributed by atoms with Gasteiger partial charge >= 0.3 is 0 Å². The van der Waals surface area contributed by atoms with Crippen molar-refractivity contribution in [2.75, 3.05) is 18.8 Å². The van der Waals surface area contributed by atoms with Crippen molar-refractivity contribution in [1.82, 2.24) is 24.6 Å². The molecule has 2 heterocycles. The first kappa shape index (κ1) is 20.8. The van der Waals surface area contributed by atoms with E-state index >= 15 is 0 Å². The summed E-state index contributed by atoms with van der Waals surface area (Å²) >= 11 is 1.40. The minimum atomic E-state index is 0.0605. The zero-order chi connectivity index (χ0) is 20.8. The molecular formula is C22H25N5OS. The van der Waals surface area contributed by atoms with E-state index in [1.807, 2.05) is 48.7 Å². The number of thioether (sulfide) groups is 1. The number of hydrogen-bond donors (Lipinski definition) is 0. The van der Waals surface area contributed by atoms with Gasteiger partial charge in [0.1, 0.15) is 0 Å². The first-order valence-corrected chi connectivity index (χ1v) is 10.5. The summed E-state index contributed by atoms with van der Waals surface area (Å²) < 4.78 is 2.01. The second-order valence-corrected chi connectivity index (χ2v) is 7.76. The molecule has 0 saturated carbocycles. The van der Waals surface area contributed by atoms with Crippen LogP contribution in [-0.2, 0) is 4.79 Å². The zero-order valence-electron chi connectivity index (χ0n) is 17.0. The molecule has 29 heavy (non-hydrogen) atoms. The molecule has 0 saturated heterocycles. The second-order valence-electron chi connectivity index (χ2n) is 6.82. The molecule has 3 aromatic rings. The van der Waals surface area contributed by atoms with Crippen LogP contribution in [0, 0.1) is 6.92 Å². The molecule has 0 unspecified atom stereocenters. The molecule has 7 heteroatoms. The van der Waals surface area contributed by atoms with E-state index in [1.165, 1.54) is 11.8 Å². The van der Waals surface area contributed by atoms with Gasteiger partial charge in [-0.1, -0.05) is 42.1 Å². The molecule has 1 aromatic carbocycles. The average molecular weight is 408 g/mol. The van der Waals surface area contributed by atoms with E-state index in [4.69, 9.17) is 0 Å². The molecule has 3 rings (SSSR count). The smallest absolute Gasteiger partial charge is 0.233 e. The molecule has 0 spiro atoms. The molecule has 0 radical (unpaired) electrons. The summed E-state index contributed by atoms with van der Waals surface area (Å²) in [7, 11) is 0. The van der Waals surface area contributed by atoms with Gasteiger partial charge in [-0.15, -0.1) is 10.2 Å². The van der Waals surface area contributed by atoms with Crippen molar-refractivity contribution in [3.05, 3.63) is 66.5 Å².